The summed E-state index contributed by atoms with van der Waals surface area (Å²) >= 11 is 0. The van der Waals surface area contributed by atoms with Crippen molar-refractivity contribution in [2.24, 2.45) is 5.10 Å². The number of hydrogen-bond donors (Lipinski definition) is 3. The number of anilines is 1. The topological polar surface area (TPSA) is 101 Å². The highest BCUT2D eigenvalue weighted by atomic mass is 19.4. The third-order valence-electron chi connectivity index (χ3n) is 5.33. The smallest absolute Gasteiger partial charge is 0.496 e. The van der Waals surface area contributed by atoms with Gasteiger partial charge in [-0.05, 0) is 48.4 Å². The van der Waals surface area contributed by atoms with Crippen molar-refractivity contribution >= 4 is 23.3 Å². The Bertz CT molecular complexity index is 1290. The number of benzene rings is 3. The van der Waals surface area contributed by atoms with E-state index in [0.29, 0.717) is 23.4 Å². The molecule has 1 atom stereocenters. The summed E-state index contributed by atoms with van der Waals surface area (Å²) in [5.41, 5.74) is 5.15. The second-order valence-electron chi connectivity index (χ2n) is 7.72. The van der Waals surface area contributed by atoms with Crippen molar-refractivity contribution in [3.63, 3.8) is 0 Å². The number of nitrogens with one attached hydrogen (secondary N) is 3. The maximum Gasteiger partial charge on any atom is 0.573 e. The first-order chi connectivity index (χ1) is 17.2. The van der Waals surface area contributed by atoms with Gasteiger partial charge in [0.2, 0.25) is 0 Å². The number of carbonyl (C=O) groups is 2. The highest BCUT2D eigenvalue weighted by Gasteiger charge is 2.32. The van der Waals surface area contributed by atoms with Crippen LogP contribution in [0.5, 0.6) is 11.5 Å². The van der Waals surface area contributed by atoms with Crippen LogP contribution in [0.3, 0.4) is 0 Å². The zero-order chi connectivity index (χ0) is 25.7. The van der Waals surface area contributed by atoms with E-state index in [4.69, 9.17) is 4.74 Å². The Kier molecular flexibility index (Phi) is 7.09. The standard InChI is InChI=1S/C25H21F3N4O4/c1-35-21-9-5-4-8-19(21)23(33)30-20-14-15-6-2-3-7-18(15)22(20)31-32-24(34)29-16-10-12-17(13-11-16)36-25(26,27)28/h2-13,20H,14H2,1H3,(H,30,33)(H2,29,32,34)/b31-22+. The van der Waals surface area contributed by atoms with E-state index < -0.39 is 24.2 Å². The maximum absolute atomic E-state index is 12.9. The van der Waals surface area contributed by atoms with Gasteiger partial charge in [0.05, 0.1) is 24.4 Å². The number of hydrogen-bond acceptors (Lipinski definition) is 5. The Morgan fingerprint density at radius 1 is 0.972 bits per heavy atom. The molecule has 1 aliphatic rings. The minimum absolute atomic E-state index is 0.232. The molecule has 36 heavy (non-hydrogen) atoms. The molecule has 3 amide bonds. The number of carbonyl (C=O) groups excluding carboxylic acids is 2. The molecule has 0 saturated carbocycles. The zero-order valence-electron chi connectivity index (χ0n) is 18.9. The number of fused-ring (bicyclic) bond motifs is 1. The van der Waals surface area contributed by atoms with E-state index in [2.05, 4.69) is 25.9 Å². The van der Waals surface area contributed by atoms with Crippen LogP contribution in [0.4, 0.5) is 23.7 Å². The number of methoxy groups -OCH3 is 1. The number of hydrazone groups is 1. The van der Waals surface area contributed by atoms with Crippen molar-refractivity contribution < 1.29 is 32.2 Å². The molecule has 1 aliphatic carbocycles. The van der Waals surface area contributed by atoms with Crippen LogP contribution >= 0.6 is 0 Å². The summed E-state index contributed by atoms with van der Waals surface area (Å²) in [7, 11) is 1.48. The van der Waals surface area contributed by atoms with Crippen molar-refractivity contribution in [2.75, 3.05) is 12.4 Å². The monoisotopic (exact) mass is 498 g/mol. The van der Waals surface area contributed by atoms with Gasteiger partial charge in [-0.25, -0.2) is 10.2 Å². The molecule has 0 radical (unpaired) electrons. The largest absolute Gasteiger partial charge is 0.573 e. The summed E-state index contributed by atoms with van der Waals surface area (Å²) in [6.45, 7) is 0. The molecule has 11 heteroatoms. The van der Waals surface area contributed by atoms with Crippen molar-refractivity contribution in [3.8, 4) is 11.5 Å². The number of ether oxygens (including phenoxy) is 2. The van der Waals surface area contributed by atoms with Gasteiger partial charge in [0.25, 0.3) is 5.91 Å². The molecule has 1 unspecified atom stereocenters. The second-order valence-corrected chi connectivity index (χ2v) is 7.72. The van der Waals surface area contributed by atoms with Crippen molar-refractivity contribution in [1.29, 1.82) is 0 Å². The van der Waals surface area contributed by atoms with Crippen molar-refractivity contribution in [3.05, 3.63) is 89.5 Å². The van der Waals surface area contributed by atoms with E-state index in [-0.39, 0.29) is 11.6 Å². The summed E-state index contributed by atoms with van der Waals surface area (Å²) in [6, 6.07) is 17.7. The molecule has 0 aromatic heterocycles. The summed E-state index contributed by atoms with van der Waals surface area (Å²) in [4.78, 5) is 25.3. The lowest BCUT2D eigenvalue weighted by Crippen LogP contribution is -2.40. The molecular formula is C25H21F3N4O4. The molecule has 0 aliphatic heterocycles. The Morgan fingerprint density at radius 3 is 2.39 bits per heavy atom. The van der Waals surface area contributed by atoms with Gasteiger partial charge in [-0.1, -0.05) is 36.4 Å². The number of halogens is 3. The Balaban J connectivity index is 1.46. The predicted octanol–water partition coefficient (Wildman–Crippen LogP) is 4.47. The van der Waals surface area contributed by atoms with Crippen LogP contribution < -0.4 is 25.5 Å². The third kappa shape index (κ3) is 5.93. The van der Waals surface area contributed by atoms with Gasteiger partial charge in [0.1, 0.15) is 11.5 Å². The highest BCUT2D eigenvalue weighted by Crippen LogP contribution is 2.25. The SMILES string of the molecule is COc1ccccc1C(=O)NC1Cc2ccccc2/C1=N\NC(=O)Nc1ccc(OC(F)(F)F)cc1. The Morgan fingerprint density at radius 2 is 1.67 bits per heavy atom. The van der Waals surface area contributed by atoms with E-state index in [1.54, 1.807) is 24.3 Å². The first kappa shape index (κ1) is 24.6. The molecule has 0 heterocycles. The van der Waals surface area contributed by atoms with Gasteiger partial charge < -0.3 is 20.1 Å². The summed E-state index contributed by atoms with van der Waals surface area (Å²) in [6.07, 6.45) is -4.34. The molecule has 0 saturated heterocycles. The average Bonchev–Trinajstić information content (AvgIpc) is 3.19. The van der Waals surface area contributed by atoms with Gasteiger partial charge in [-0.2, -0.15) is 5.10 Å². The molecule has 0 spiro atoms. The lowest BCUT2D eigenvalue weighted by molar-refractivity contribution is -0.274. The molecule has 3 N–H and O–H groups in total. The van der Waals surface area contributed by atoms with Crippen LogP contribution in [-0.4, -0.2) is 37.2 Å². The second kappa shape index (κ2) is 10.4. The summed E-state index contributed by atoms with van der Waals surface area (Å²) < 4.78 is 46.0. The fourth-order valence-electron chi connectivity index (χ4n) is 3.79. The minimum atomic E-state index is -4.81. The van der Waals surface area contributed by atoms with Crippen LogP contribution in [0.15, 0.2) is 77.9 Å². The summed E-state index contributed by atoms with van der Waals surface area (Å²) in [5.74, 6) is -0.346. The van der Waals surface area contributed by atoms with Crippen LogP contribution in [0.2, 0.25) is 0 Å². The van der Waals surface area contributed by atoms with E-state index in [1.807, 2.05) is 24.3 Å². The number of alkyl halides is 3. The van der Waals surface area contributed by atoms with Crippen LogP contribution in [-0.2, 0) is 6.42 Å². The fourth-order valence-corrected chi connectivity index (χ4v) is 3.79. The van der Waals surface area contributed by atoms with Crippen molar-refractivity contribution in [1.82, 2.24) is 10.7 Å². The van der Waals surface area contributed by atoms with Gasteiger partial charge >= 0.3 is 12.4 Å². The number of urea groups is 1. The number of amides is 3. The molecular weight excluding hydrogens is 477 g/mol. The molecule has 3 aromatic rings. The normalized spacial score (nSPS) is 15.7. The lowest BCUT2D eigenvalue weighted by Gasteiger charge is -2.16. The predicted molar refractivity (Wildman–Crippen MR) is 126 cm³/mol. The summed E-state index contributed by atoms with van der Waals surface area (Å²) in [5, 5.41) is 9.65. The van der Waals surface area contributed by atoms with Crippen molar-refractivity contribution in [2.45, 2.75) is 18.8 Å². The van der Waals surface area contributed by atoms with E-state index in [1.165, 1.54) is 19.2 Å². The molecule has 8 nitrogen and oxygen atoms in total. The fraction of sp³-hybridized carbons (Fsp3) is 0.160. The van der Waals surface area contributed by atoms with Gasteiger partial charge in [-0.15, -0.1) is 13.2 Å². The molecule has 0 fully saturated rings. The molecule has 0 bridgehead atoms. The number of rotatable bonds is 6. The Labute approximate surface area is 204 Å². The average molecular weight is 498 g/mol. The van der Waals surface area contributed by atoms with Gasteiger partial charge in [0.15, 0.2) is 0 Å². The Hall–Kier alpha value is -4.54. The highest BCUT2D eigenvalue weighted by molar-refractivity contribution is 6.11. The van der Waals surface area contributed by atoms with E-state index in [0.717, 1.165) is 23.3 Å². The van der Waals surface area contributed by atoms with Crippen LogP contribution in [0, 0.1) is 0 Å². The van der Waals surface area contributed by atoms with E-state index >= 15 is 0 Å². The van der Waals surface area contributed by atoms with E-state index in [9.17, 15) is 22.8 Å². The number of para-hydroxylation sites is 1. The first-order valence-corrected chi connectivity index (χ1v) is 10.8. The third-order valence-corrected chi connectivity index (χ3v) is 5.33. The molecule has 4 rings (SSSR count). The maximum atomic E-state index is 12.9. The lowest BCUT2D eigenvalue weighted by atomic mass is 10.1. The number of nitrogens with zero attached hydrogens (tertiary/aromatic N) is 1. The van der Waals surface area contributed by atoms with Gasteiger partial charge in [-0.3, -0.25) is 4.79 Å². The first-order valence-electron chi connectivity index (χ1n) is 10.8. The van der Waals surface area contributed by atoms with Gasteiger partial charge in [0, 0.05) is 11.3 Å². The molecule has 186 valence electrons. The minimum Gasteiger partial charge on any atom is -0.496 e. The van der Waals surface area contributed by atoms with Crippen LogP contribution in [0.25, 0.3) is 0 Å². The quantitative estimate of drug-likeness (QED) is 0.437. The molecule has 3 aromatic carbocycles. The zero-order valence-corrected chi connectivity index (χ0v) is 18.9. The van der Waals surface area contributed by atoms with Crippen LogP contribution in [0.1, 0.15) is 21.5 Å².